The maximum absolute atomic E-state index is 13.7. The molecule has 0 fully saturated rings. The van der Waals surface area contributed by atoms with E-state index in [1.165, 1.54) is 28.0 Å². The SMILES string of the molecule is CC1=C(C(=O)Nc2ccccc2)C(c2ccc(F)cc2)n2c(s/c(=C/c3ccc(Br)cc3)c2=O)=N1. The molecule has 2 heterocycles. The molecule has 35 heavy (non-hydrogen) atoms. The molecule has 4 aromatic rings. The summed E-state index contributed by atoms with van der Waals surface area (Å²) in [4.78, 5) is 32.2. The summed E-state index contributed by atoms with van der Waals surface area (Å²) in [5.41, 5.74) is 2.70. The number of rotatable bonds is 4. The predicted molar refractivity (Wildman–Crippen MR) is 139 cm³/mol. The fraction of sp³-hybridized carbons (Fsp3) is 0.0741. The zero-order valence-electron chi connectivity index (χ0n) is 18.5. The minimum absolute atomic E-state index is 0.261. The van der Waals surface area contributed by atoms with Gasteiger partial charge in [0.25, 0.3) is 11.5 Å². The first-order valence-corrected chi connectivity index (χ1v) is 12.4. The topological polar surface area (TPSA) is 63.5 Å². The monoisotopic (exact) mass is 547 g/mol. The number of fused-ring (bicyclic) bond motifs is 1. The van der Waals surface area contributed by atoms with Crippen molar-refractivity contribution in [3.63, 3.8) is 0 Å². The quantitative estimate of drug-likeness (QED) is 0.399. The Morgan fingerprint density at radius 2 is 1.74 bits per heavy atom. The summed E-state index contributed by atoms with van der Waals surface area (Å²) >= 11 is 4.68. The van der Waals surface area contributed by atoms with Gasteiger partial charge in [0.1, 0.15) is 5.82 Å². The van der Waals surface area contributed by atoms with Crippen LogP contribution in [0.4, 0.5) is 10.1 Å². The number of hydrogen-bond acceptors (Lipinski definition) is 4. The van der Waals surface area contributed by atoms with E-state index in [4.69, 9.17) is 0 Å². The van der Waals surface area contributed by atoms with Crippen molar-refractivity contribution in [3.8, 4) is 0 Å². The van der Waals surface area contributed by atoms with Gasteiger partial charge < -0.3 is 5.32 Å². The molecule has 0 bridgehead atoms. The largest absolute Gasteiger partial charge is 0.322 e. The second-order valence-electron chi connectivity index (χ2n) is 8.01. The lowest BCUT2D eigenvalue weighted by Gasteiger charge is -2.25. The van der Waals surface area contributed by atoms with Crippen LogP contribution < -0.4 is 20.2 Å². The summed E-state index contributed by atoms with van der Waals surface area (Å²) < 4.78 is 16.7. The highest BCUT2D eigenvalue weighted by Crippen LogP contribution is 2.31. The van der Waals surface area contributed by atoms with Gasteiger partial charge in [0.15, 0.2) is 4.80 Å². The third-order valence-corrected chi connectivity index (χ3v) is 7.16. The van der Waals surface area contributed by atoms with E-state index >= 15 is 0 Å². The lowest BCUT2D eigenvalue weighted by atomic mass is 9.95. The van der Waals surface area contributed by atoms with Crippen LogP contribution in [0, 0.1) is 5.82 Å². The summed E-state index contributed by atoms with van der Waals surface area (Å²) in [6, 6.07) is 21.8. The summed E-state index contributed by atoms with van der Waals surface area (Å²) in [5, 5.41) is 2.90. The van der Waals surface area contributed by atoms with Crippen LogP contribution in [-0.2, 0) is 4.79 Å². The third-order valence-electron chi connectivity index (χ3n) is 5.65. The van der Waals surface area contributed by atoms with Crippen molar-refractivity contribution >= 4 is 44.9 Å². The fourth-order valence-corrected chi connectivity index (χ4v) is 5.31. The molecule has 3 aromatic carbocycles. The number of halogens is 2. The molecule has 5 rings (SSSR count). The van der Waals surface area contributed by atoms with Crippen molar-refractivity contribution < 1.29 is 9.18 Å². The Kier molecular flexibility index (Phi) is 6.32. The van der Waals surface area contributed by atoms with Crippen molar-refractivity contribution in [2.24, 2.45) is 4.99 Å². The zero-order chi connectivity index (χ0) is 24.5. The zero-order valence-corrected chi connectivity index (χ0v) is 20.9. The Balaban J connectivity index is 1.67. The lowest BCUT2D eigenvalue weighted by molar-refractivity contribution is -0.113. The van der Waals surface area contributed by atoms with Crippen molar-refractivity contribution in [1.29, 1.82) is 0 Å². The van der Waals surface area contributed by atoms with Crippen LogP contribution >= 0.6 is 27.3 Å². The van der Waals surface area contributed by atoms with E-state index in [-0.39, 0.29) is 11.5 Å². The number of nitrogens with zero attached hydrogens (tertiary/aromatic N) is 2. The Morgan fingerprint density at radius 1 is 1.06 bits per heavy atom. The molecule has 5 nitrogen and oxygen atoms in total. The van der Waals surface area contributed by atoms with Gasteiger partial charge >= 0.3 is 0 Å². The number of aromatic nitrogens is 1. The first-order chi connectivity index (χ1) is 16.9. The molecule has 1 amide bonds. The van der Waals surface area contributed by atoms with Crippen molar-refractivity contribution in [2.45, 2.75) is 13.0 Å². The van der Waals surface area contributed by atoms with Gasteiger partial charge in [-0.1, -0.05) is 69.7 Å². The van der Waals surface area contributed by atoms with Crippen LogP contribution in [0.25, 0.3) is 6.08 Å². The van der Waals surface area contributed by atoms with Gasteiger partial charge in [-0.3, -0.25) is 14.2 Å². The molecule has 1 N–H and O–H groups in total. The smallest absolute Gasteiger partial charge is 0.271 e. The van der Waals surface area contributed by atoms with E-state index in [1.54, 1.807) is 37.3 Å². The van der Waals surface area contributed by atoms with E-state index in [9.17, 15) is 14.0 Å². The second kappa shape index (κ2) is 9.56. The number of hydrogen-bond donors (Lipinski definition) is 1. The van der Waals surface area contributed by atoms with E-state index in [2.05, 4.69) is 26.2 Å². The Labute approximate surface area is 212 Å². The minimum Gasteiger partial charge on any atom is -0.322 e. The molecular formula is C27H19BrFN3O2S. The van der Waals surface area contributed by atoms with Gasteiger partial charge in [0, 0.05) is 10.2 Å². The van der Waals surface area contributed by atoms with Gasteiger partial charge in [-0.05, 0) is 60.5 Å². The molecule has 0 spiro atoms. The molecular weight excluding hydrogens is 529 g/mol. The van der Waals surface area contributed by atoms with Gasteiger partial charge in [0.2, 0.25) is 0 Å². The molecule has 0 saturated heterocycles. The molecule has 1 aliphatic rings. The van der Waals surface area contributed by atoms with Crippen molar-refractivity contribution in [3.05, 3.63) is 131 Å². The number of thiazole rings is 1. The Hall–Kier alpha value is -3.62. The van der Waals surface area contributed by atoms with E-state index < -0.39 is 11.9 Å². The third kappa shape index (κ3) is 4.67. The highest BCUT2D eigenvalue weighted by molar-refractivity contribution is 9.10. The van der Waals surface area contributed by atoms with E-state index in [1.807, 2.05) is 42.5 Å². The minimum atomic E-state index is -0.748. The number of carbonyl (C=O) groups excluding carboxylic acids is 1. The molecule has 1 aromatic heterocycles. The maximum Gasteiger partial charge on any atom is 0.271 e. The van der Waals surface area contributed by atoms with Gasteiger partial charge in [0.05, 0.1) is 21.8 Å². The molecule has 1 unspecified atom stereocenters. The average molecular weight is 548 g/mol. The first-order valence-electron chi connectivity index (χ1n) is 10.8. The van der Waals surface area contributed by atoms with E-state index in [0.717, 1.165) is 10.0 Å². The Bertz CT molecular complexity index is 1620. The van der Waals surface area contributed by atoms with Crippen LogP contribution in [-0.4, -0.2) is 10.5 Å². The summed E-state index contributed by atoms with van der Waals surface area (Å²) in [5.74, 6) is -0.763. The van der Waals surface area contributed by atoms with Crippen LogP contribution in [0.2, 0.25) is 0 Å². The number of para-hydroxylation sites is 1. The van der Waals surface area contributed by atoms with Gasteiger partial charge in [-0.25, -0.2) is 9.38 Å². The maximum atomic E-state index is 13.7. The predicted octanol–water partition coefficient (Wildman–Crippen LogP) is 4.78. The number of anilines is 1. The molecule has 0 saturated carbocycles. The number of benzene rings is 3. The van der Waals surface area contributed by atoms with Crippen molar-refractivity contribution in [2.75, 3.05) is 5.32 Å². The first kappa shape index (κ1) is 23.1. The molecule has 0 radical (unpaired) electrons. The molecule has 0 aliphatic carbocycles. The highest BCUT2D eigenvalue weighted by Gasteiger charge is 2.32. The van der Waals surface area contributed by atoms with Crippen LogP contribution in [0.3, 0.4) is 0 Å². The normalized spacial score (nSPS) is 15.5. The van der Waals surface area contributed by atoms with Gasteiger partial charge in [-0.2, -0.15) is 0 Å². The molecule has 1 atom stereocenters. The van der Waals surface area contributed by atoms with Crippen LogP contribution in [0.1, 0.15) is 24.1 Å². The van der Waals surface area contributed by atoms with Crippen LogP contribution in [0.15, 0.2) is 104 Å². The number of amides is 1. The molecule has 8 heteroatoms. The number of nitrogens with one attached hydrogen (secondary N) is 1. The lowest BCUT2D eigenvalue weighted by Crippen LogP contribution is -2.40. The number of carbonyl (C=O) groups is 1. The Morgan fingerprint density at radius 3 is 2.43 bits per heavy atom. The number of allylic oxidation sites excluding steroid dienone is 1. The van der Waals surface area contributed by atoms with Crippen molar-refractivity contribution in [1.82, 2.24) is 4.57 Å². The van der Waals surface area contributed by atoms with E-state index in [0.29, 0.717) is 31.9 Å². The second-order valence-corrected chi connectivity index (χ2v) is 9.93. The standard InChI is InChI=1S/C27H19BrFN3O2S/c1-16-23(25(33)31-21-5-3-2-4-6-21)24(18-9-13-20(29)14-10-18)32-26(34)22(35-27(32)30-16)15-17-7-11-19(28)12-8-17/h2-15,24H,1H3,(H,31,33)/b22-15+. The summed E-state index contributed by atoms with van der Waals surface area (Å²) in [6.45, 7) is 1.75. The summed E-state index contributed by atoms with van der Waals surface area (Å²) in [6.07, 6.45) is 1.81. The summed E-state index contributed by atoms with van der Waals surface area (Å²) in [7, 11) is 0. The average Bonchev–Trinajstić information content (AvgIpc) is 3.15. The van der Waals surface area contributed by atoms with Crippen LogP contribution in [0.5, 0.6) is 0 Å². The van der Waals surface area contributed by atoms with Gasteiger partial charge in [-0.15, -0.1) is 0 Å². The molecule has 174 valence electrons. The fourth-order valence-electron chi connectivity index (χ4n) is 4.00. The molecule has 1 aliphatic heterocycles. The highest BCUT2D eigenvalue weighted by atomic mass is 79.9.